The minimum Gasteiger partial charge on any atom is -0.429 e. The van der Waals surface area contributed by atoms with Crippen LogP contribution in [0.15, 0.2) is 17.1 Å². The lowest BCUT2D eigenvalue weighted by molar-refractivity contribution is -0.0513. The fraction of sp³-hybridized carbons (Fsp3) is 0.619. The molecule has 1 aliphatic carbocycles. The third-order valence-electron chi connectivity index (χ3n) is 6.55. The van der Waals surface area contributed by atoms with Crippen molar-refractivity contribution in [3.63, 3.8) is 0 Å². The van der Waals surface area contributed by atoms with E-state index in [1.54, 1.807) is 6.92 Å². The highest BCUT2D eigenvalue weighted by atomic mass is 32.2. The molecule has 0 spiro atoms. The predicted octanol–water partition coefficient (Wildman–Crippen LogP) is 1.95. The van der Waals surface area contributed by atoms with Crippen molar-refractivity contribution < 1.29 is 27.0 Å². The molecular weight excluding hydrogens is 486 g/mol. The molecule has 190 valence electrons. The molecule has 2 N–H and O–H groups in total. The third kappa shape index (κ3) is 5.21. The van der Waals surface area contributed by atoms with E-state index < -0.39 is 45.5 Å². The van der Waals surface area contributed by atoms with Crippen LogP contribution in [0.3, 0.4) is 0 Å². The van der Waals surface area contributed by atoms with Crippen molar-refractivity contribution in [2.75, 3.05) is 24.3 Å². The number of halogens is 2. The van der Waals surface area contributed by atoms with Gasteiger partial charge in [0.1, 0.15) is 5.65 Å². The summed E-state index contributed by atoms with van der Waals surface area (Å²) in [6.07, 6.45) is 3.86. The summed E-state index contributed by atoms with van der Waals surface area (Å²) in [5.74, 6) is -0.945. The first kappa shape index (κ1) is 25.2. The zero-order valence-corrected chi connectivity index (χ0v) is 19.8. The van der Waals surface area contributed by atoms with Crippen LogP contribution in [0.25, 0.3) is 15.9 Å². The highest BCUT2D eigenvalue weighted by molar-refractivity contribution is 7.89. The lowest BCUT2D eigenvalue weighted by Gasteiger charge is -2.30. The lowest BCUT2D eigenvalue weighted by atomic mass is 10.00. The van der Waals surface area contributed by atoms with Gasteiger partial charge < -0.3 is 15.2 Å². The van der Waals surface area contributed by atoms with E-state index in [4.69, 9.17) is 6.57 Å². The van der Waals surface area contributed by atoms with Gasteiger partial charge in [-0.2, -0.15) is 18.1 Å². The Morgan fingerprint density at radius 1 is 1.37 bits per heavy atom. The molecule has 1 saturated carbocycles. The maximum Gasteiger partial charge on any atom is 0.387 e. The molecule has 35 heavy (non-hydrogen) atoms. The van der Waals surface area contributed by atoms with E-state index in [1.807, 2.05) is 0 Å². The van der Waals surface area contributed by atoms with Crippen molar-refractivity contribution in [1.82, 2.24) is 18.8 Å². The van der Waals surface area contributed by atoms with Crippen molar-refractivity contribution >= 4 is 27.0 Å². The van der Waals surface area contributed by atoms with Crippen molar-refractivity contribution in [1.29, 1.82) is 0 Å². The van der Waals surface area contributed by atoms with Gasteiger partial charge in [0.2, 0.25) is 5.95 Å². The fourth-order valence-electron chi connectivity index (χ4n) is 4.80. The highest BCUT2D eigenvalue weighted by Crippen LogP contribution is 2.40. The largest absolute Gasteiger partial charge is 0.429 e. The van der Waals surface area contributed by atoms with Crippen LogP contribution in [0.5, 0.6) is 5.75 Å². The average Bonchev–Trinajstić information content (AvgIpc) is 3.13. The molecule has 1 saturated heterocycles. The molecule has 14 heteroatoms. The van der Waals surface area contributed by atoms with Gasteiger partial charge in [0, 0.05) is 30.7 Å². The van der Waals surface area contributed by atoms with E-state index in [0.29, 0.717) is 37.5 Å². The number of ether oxygens (including phenoxy) is 1. The summed E-state index contributed by atoms with van der Waals surface area (Å²) >= 11 is 0. The van der Waals surface area contributed by atoms with Crippen molar-refractivity contribution in [2.24, 2.45) is 0 Å². The summed E-state index contributed by atoms with van der Waals surface area (Å²) in [6, 6.07) is 0.328. The number of nitrogens with one attached hydrogen (secondary N) is 1. The topological polar surface area (TPSA) is 131 Å². The van der Waals surface area contributed by atoms with Gasteiger partial charge >= 0.3 is 12.5 Å². The monoisotopic (exact) mass is 512 g/mol. The van der Waals surface area contributed by atoms with Crippen LogP contribution in [0.4, 0.5) is 14.7 Å². The number of nitrogens with zero attached hydrogens (tertiary/aromatic N) is 5. The Hall–Kier alpha value is -2.89. The molecule has 4 rings (SSSR count). The standard InChI is InChI=1S/C21H26F2N6O5S/c1-21(31)7-3-4-16(21)29-17-13(10-15(18(29)30)34-19(22)23)11-25-20(27-17)26-14-5-8-28(9-6-14)35(32,33)12-24-2/h10-11,14,16,19,31H,3-9,12H2,1H3,(H,25,26,27)/t16-,21-/m1/s1. The summed E-state index contributed by atoms with van der Waals surface area (Å²) in [5, 5.41) is 14.3. The zero-order valence-electron chi connectivity index (χ0n) is 19.0. The first-order valence-electron chi connectivity index (χ1n) is 11.2. The number of sulfonamides is 1. The molecule has 2 aliphatic rings. The fourth-order valence-corrected chi connectivity index (χ4v) is 5.89. The lowest BCUT2D eigenvalue weighted by Crippen LogP contribution is -2.43. The SMILES string of the molecule is [C-]#[N+]CS(=O)(=O)N1CCC(Nc2ncc3cc(OC(F)F)c(=O)n([C@@H]4CCC[C@@]4(C)O)c3n2)CC1. The number of anilines is 1. The summed E-state index contributed by atoms with van der Waals surface area (Å²) in [6.45, 7) is 5.69. The molecule has 0 unspecified atom stereocenters. The van der Waals surface area contributed by atoms with Crippen LogP contribution in [-0.2, 0) is 10.0 Å². The quantitative estimate of drug-likeness (QED) is 0.539. The van der Waals surface area contributed by atoms with Crippen LogP contribution in [0.1, 0.15) is 45.1 Å². The Balaban J connectivity index is 1.64. The molecule has 0 radical (unpaired) electrons. The second-order valence-corrected chi connectivity index (χ2v) is 11.0. The first-order chi connectivity index (χ1) is 16.5. The molecule has 2 fully saturated rings. The van der Waals surface area contributed by atoms with Gasteiger partial charge in [0.15, 0.2) is 5.75 Å². The van der Waals surface area contributed by atoms with E-state index in [2.05, 4.69) is 24.9 Å². The number of fused-ring (bicyclic) bond motifs is 1. The number of hydrogen-bond acceptors (Lipinski definition) is 8. The number of aromatic nitrogens is 3. The Bertz CT molecular complexity index is 1300. The Morgan fingerprint density at radius 3 is 2.69 bits per heavy atom. The summed E-state index contributed by atoms with van der Waals surface area (Å²) in [7, 11) is -3.61. The minimum atomic E-state index is -3.61. The van der Waals surface area contributed by atoms with Crippen LogP contribution >= 0.6 is 0 Å². The Labute approximate surface area is 200 Å². The van der Waals surface area contributed by atoms with E-state index in [9.17, 15) is 27.1 Å². The molecule has 0 amide bonds. The van der Waals surface area contributed by atoms with Crippen LogP contribution in [-0.4, -0.2) is 69.6 Å². The zero-order chi connectivity index (χ0) is 25.4. The number of piperidine rings is 1. The number of pyridine rings is 1. The number of rotatable bonds is 7. The average molecular weight is 513 g/mol. The highest BCUT2D eigenvalue weighted by Gasteiger charge is 2.40. The van der Waals surface area contributed by atoms with E-state index in [0.717, 1.165) is 6.07 Å². The number of hydrogen-bond donors (Lipinski definition) is 2. The van der Waals surface area contributed by atoms with Crippen LogP contribution in [0.2, 0.25) is 0 Å². The Morgan fingerprint density at radius 2 is 2.09 bits per heavy atom. The van der Waals surface area contributed by atoms with Gasteiger partial charge in [-0.15, -0.1) is 0 Å². The second kappa shape index (κ2) is 9.63. The van der Waals surface area contributed by atoms with Crippen LogP contribution in [0, 0.1) is 6.57 Å². The van der Waals surface area contributed by atoms with E-state index >= 15 is 0 Å². The molecule has 3 heterocycles. The molecular formula is C21H26F2N6O5S. The molecule has 2 atom stereocenters. The van der Waals surface area contributed by atoms with Gasteiger partial charge in [0.25, 0.3) is 15.6 Å². The normalized spacial score (nSPS) is 24.1. The maximum atomic E-state index is 13.1. The molecule has 0 aromatic carbocycles. The van der Waals surface area contributed by atoms with Crippen molar-refractivity contribution in [2.45, 2.75) is 63.3 Å². The van der Waals surface area contributed by atoms with Crippen molar-refractivity contribution in [3.8, 4) is 5.75 Å². The van der Waals surface area contributed by atoms with Crippen LogP contribution < -0.4 is 15.6 Å². The molecule has 2 aromatic rings. The smallest absolute Gasteiger partial charge is 0.387 e. The molecule has 11 nitrogen and oxygen atoms in total. The van der Waals surface area contributed by atoms with Gasteiger partial charge in [0.05, 0.1) is 11.6 Å². The van der Waals surface area contributed by atoms with Crippen molar-refractivity contribution in [3.05, 3.63) is 34.0 Å². The first-order valence-corrected chi connectivity index (χ1v) is 12.8. The molecule has 2 aromatic heterocycles. The van der Waals surface area contributed by atoms with Gasteiger partial charge in [-0.3, -0.25) is 14.2 Å². The maximum absolute atomic E-state index is 13.1. The molecule has 1 aliphatic heterocycles. The predicted molar refractivity (Wildman–Crippen MR) is 123 cm³/mol. The van der Waals surface area contributed by atoms with Gasteiger partial charge in [-0.05, 0) is 45.1 Å². The summed E-state index contributed by atoms with van der Waals surface area (Å²) in [5.41, 5.74) is -1.87. The number of aliphatic hydroxyl groups is 1. The summed E-state index contributed by atoms with van der Waals surface area (Å²) < 4.78 is 57.0. The third-order valence-corrected chi connectivity index (χ3v) is 8.16. The minimum absolute atomic E-state index is 0.150. The Kier molecular flexibility index (Phi) is 6.94. The van der Waals surface area contributed by atoms with E-state index in [1.165, 1.54) is 15.1 Å². The number of alkyl halides is 2. The van der Waals surface area contributed by atoms with E-state index in [-0.39, 0.29) is 30.7 Å². The second-order valence-electron chi connectivity index (χ2n) is 9.02. The van der Waals surface area contributed by atoms with Gasteiger partial charge in [-0.1, -0.05) is 0 Å². The van der Waals surface area contributed by atoms with Gasteiger partial charge in [-0.25, -0.2) is 20.0 Å². The summed E-state index contributed by atoms with van der Waals surface area (Å²) in [4.78, 5) is 24.8. The molecule has 0 bridgehead atoms.